The van der Waals surface area contributed by atoms with E-state index in [1.165, 1.54) is 30.5 Å². The molecule has 1 aliphatic heterocycles. The fraction of sp³-hybridized carbons (Fsp3) is 0.391. The van der Waals surface area contributed by atoms with E-state index in [1.807, 2.05) is 25.1 Å². The maximum absolute atomic E-state index is 13.1. The predicted molar refractivity (Wildman–Crippen MR) is 114 cm³/mol. The number of phenols is 1. The van der Waals surface area contributed by atoms with Crippen LogP contribution in [0.25, 0.3) is 16.6 Å². The van der Waals surface area contributed by atoms with E-state index in [0.29, 0.717) is 34.8 Å². The van der Waals surface area contributed by atoms with Gasteiger partial charge in [0.1, 0.15) is 17.3 Å². The summed E-state index contributed by atoms with van der Waals surface area (Å²) in [5.41, 5.74) is 1.87. The lowest BCUT2D eigenvalue weighted by molar-refractivity contribution is 0.262. The minimum absolute atomic E-state index is 0.000968. The van der Waals surface area contributed by atoms with E-state index in [4.69, 9.17) is 4.74 Å². The zero-order chi connectivity index (χ0) is 20.4. The zero-order valence-corrected chi connectivity index (χ0v) is 17.0. The summed E-state index contributed by atoms with van der Waals surface area (Å²) in [5, 5.41) is 11.1. The normalized spacial score (nSPS) is 14.6. The smallest absolute Gasteiger partial charge is 0.266 e. The molecule has 0 spiro atoms. The number of ether oxygens (including phenoxy) is 1. The number of hydrogen-bond donors (Lipinski definition) is 1. The Balaban J connectivity index is 1.54. The molecule has 3 aromatic rings. The minimum Gasteiger partial charge on any atom is -0.506 e. The quantitative estimate of drug-likeness (QED) is 0.649. The maximum atomic E-state index is 13.1. The Hall–Kier alpha value is -2.86. The molecule has 0 amide bonds. The number of likely N-dealkylation sites (tertiary alicyclic amines) is 1. The van der Waals surface area contributed by atoms with Crippen LogP contribution in [0.2, 0.25) is 0 Å². The number of hydrogen-bond acceptors (Lipinski definition) is 5. The van der Waals surface area contributed by atoms with Gasteiger partial charge >= 0.3 is 0 Å². The number of aromatic hydroxyl groups is 1. The largest absolute Gasteiger partial charge is 0.506 e. The number of aromatic nitrogens is 2. The van der Waals surface area contributed by atoms with Crippen molar-refractivity contribution < 1.29 is 9.84 Å². The molecule has 152 valence electrons. The van der Waals surface area contributed by atoms with Crippen LogP contribution in [0.4, 0.5) is 0 Å². The van der Waals surface area contributed by atoms with Gasteiger partial charge in [-0.25, -0.2) is 4.98 Å². The third kappa shape index (κ3) is 4.12. The van der Waals surface area contributed by atoms with Crippen molar-refractivity contribution in [3.63, 3.8) is 0 Å². The van der Waals surface area contributed by atoms with E-state index < -0.39 is 0 Å². The van der Waals surface area contributed by atoms with Crippen LogP contribution in [0.1, 0.15) is 30.7 Å². The van der Waals surface area contributed by atoms with Crippen molar-refractivity contribution in [3.8, 4) is 17.2 Å². The highest BCUT2D eigenvalue weighted by Crippen LogP contribution is 2.27. The van der Waals surface area contributed by atoms with Crippen LogP contribution in [0.3, 0.4) is 0 Å². The van der Waals surface area contributed by atoms with E-state index in [9.17, 15) is 9.90 Å². The van der Waals surface area contributed by atoms with Gasteiger partial charge in [0.25, 0.3) is 5.56 Å². The highest BCUT2D eigenvalue weighted by Gasteiger charge is 2.14. The van der Waals surface area contributed by atoms with Crippen molar-refractivity contribution in [1.29, 1.82) is 0 Å². The van der Waals surface area contributed by atoms with E-state index in [-0.39, 0.29) is 11.3 Å². The average Bonchev–Trinajstić information content (AvgIpc) is 3.21. The number of benzene rings is 2. The van der Waals surface area contributed by atoms with Gasteiger partial charge in [0.15, 0.2) is 0 Å². The van der Waals surface area contributed by atoms with E-state index in [2.05, 4.69) is 9.88 Å². The molecule has 2 aromatic carbocycles. The van der Waals surface area contributed by atoms with Gasteiger partial charge in [0, 0.05) is 12.6 Å². The first kappa shape index (κ1) is 19.5. The third-order valence-electron chi connectivity index (χ3n) is 5.47. The standard InChI is InChI=1S/C23H27N3O3/c1-16-6-8-20-19(14-16)23(28)26(17(2)24-20)21-9-7-18(15-22(21)27)29-13-5-12-25-10-3-4-11-25/h6-9,14-15,27H,3-5,10-13H2,1-2H3. The SMILES string of the molecule is Cc1ccc2nc(C)n(-c3ccc(OCCCN4CCCC4)cc3O)c(=O)c2c1. The van der Waals surface area contributed by atoms with E-state index >= 15 is 0 Å². The molecule has 1 saturated heterocycles. The average molecular weight is 393 g/mol. The van der Waals surface area contributed by atoms with E-state index in [0.717, 1.165) is 18.5 Å². The maximum Gasteiger partial charge on any atom is 0.266 e. The summed E-state index contributed by atoms with van der Waals surface area (Å²) in [5.74, 6) is 1.13. The lowest BCUT2D eigenvalue weighted by Crippen LogP contribution is -2.22. The Bertz CT molecular complexity index is 1080. The molecule has 2 heterocycles. The highest BCUT2D eigenvalue weighted by molar-refractivity contribution is 5.79. The number of phenolic OH excluding ortho intramolecular Hbond substituents is 1. The molecule has 0 saturated carbocycles. The minimum atomic E-state index is -0.189. The lowest BCUT2D eigenvalue weighted by atomic mass is 10.1. The van der Waals surface area contributed by atoms with Gasteiger partial charge in [-0.2, -0.15) is 0 Å². The molecular weight excluding hydrogens is 366 g/mol. The topological polar surface area (TPSA) is 67.6 Å². The molecule has 0 bridgehead atoms. The van der Waals surface area contributed by atoms with Crippen LogP contribution in [-0.4, -0.2) is 45.8 Å². The molecule has 4 rings (SSSR count). The van der Waals surface area contributed by atoms with Crippen LogP contribution >= 0.6 is 0 Å². The fourth-order valence-corrected chi connectivity index (χ4v) is 3.96. The summed E-state index contributed by atoms with van der Waals surface area (Å²) < 4.78 is 7.25. The molecule has 6 nitrogen and oxygen atoms in total. The number of rotatable bonds is 6. The van der Waals surface area contributed by atoms with Crippen molar-refractivity contribution in [2.45, 2.75) is 33.1 Å². The molecular formula is C23H27N3O3. The number of aryl methyl sites for hydroxylation is 2. The molecule has 0 aliphatic carbocycles. The number of nitrogens with zero attached hydrogens (tertiary/aromatic N) is 3. The van der Waals surface area contributed by atoms with Gasteiger partial charge in [-0.3, -0.25) is 9.36 Å². The molecule has 29 heavy (non-hydrogen) atoms. The van der Waals surface area contributed by atoms with Gasteiger partial charge < -0.3 is 14.7 Å². The first-order valence-electron chi connectivity index (χ1n) is 10.2. The Morgan fingerprint density at radius 2 is 1.90 bits per heavy atom. The van der Waals surface area contributed by atoms with E-state index in [1.54, 1.807) is 25.1 Å². The Morgan fingerprint density at radius 1 is 1.10 bits per heavy atom. The van der Waals surface area contributed by atoms with Crippen LogP contribution < -0.4 is 10.3 Å². The second-order valence-corrected chi connectivity index (χ2v) is 7.72. The van der Waals surface area contributed by atoms with Crippen LogP contribution in [-0.2, 0) is 0 Å². The molecule has 6 heteroatoms. The van der Waals surface area contributed by atoms with Crippen molar-refractivity contribution in [1.82, 2.24) is 14.5 Å². The fourth-order valence-electron chi connectivity index (χ4n) is 3.96. The summed E-state index contributed by atoms with van der Waals surface area (Å²) >= 11 is 0. The summed E-state index contributed by atoms with van der Waals surface area (Å²) in [6.45, 7) is 7.72. The van der Waals surface area contributed by atoms with Crippen molar-refractivity contribution in [3.05, 3.63) is 58.1 Å². The Morgan fingerprint density at radius 3 is 2.66 bits per heavy atom. The molecule has 0 radical (unpaired) electrons. The zero-order valence-electron chi connectivity index (χ0n) is 17.0. The van der Waals surface area contributed by atoms with Crippen LogP contribution in [0, 0.1) is 13.8 Å². The molecule has 0 atom stereocenters. The van der Waals surface area contributed by atoms with Crippen molar-refractivity contribution in [2.75, 3.05) is 26.2 Å². The molecule has 1 aliphatic rings. The number of fused-ring (bicyclic) bond motifs is 1. The van der Waals surface area contributed by atoms with Gasteiger partial charge in [-0.1, -0.05) is 11.6 Å². The molecule has 1 fully saturated rings. The second kappa shape index (κ2) is 8.25. The highest BCUT2D eigenvalue weighted by atomic mass is 16.5. The summed E-state index contributed by atoms with van der Waals surface area (Å²) in [6, 6.07) is 10.7. The summed E-state index contributed by atoms with van der Waals surface area (Å²) in [6.07, 6.45) is 3.53. The van der Waals surface area contributed by atoms with Gasteiger partial charge in [0.05, 0.1) is 23.2 Å². The Kier molecular flexibility index (Phi) is 5.53. The first-order chi connectivity index (χ1) is 14.0. The summed E-state index contributed by atoms with van der Waals surface area (Å²) in [4.78, 5) is 20.0. The van der Waals surface area contributed by atoms with Crippen LogP contribution in [0.5, 0.6) is 11.5 Å². The van der Waals surface area contributed by atoms with Crippen LogP contribution in [0.15, 0.2) is 41.2 Å². The summed E-state index contributed by atoms with van der Waals surface area (Å²) in [7, 11) is 0. The van der Waals surface area contributed by atoms with Gasteiger partial charge in [-0.05, 0) is 70.5 Å². The molecule has 1 N–H and O–H groups in total. The Labute approximate surface area is 170 Å². The lowest BCUT2D eigenvalue weighted by Gasteiger charge is -2.15. The predicted octanol–water partition coefficient (Wildman–Crippen LogP) is 3.57. The van der Waals surface area contributed by atoms with Gasteiger partial charge in [-0.15, -0.1) is 0 Å². The van der Waals surface area contributed by atoms with Crippen molar-refractivity contribution in [2.24, 2.45) is 0 Å². The van der Waals surface area contributed by atoms with Gasteiger partial charge in [0.2, 0.25) is 0 Å². The molecule has 1 aromatic heterocycles. The van der Waals surface area contributed by atoms with Crippen molar-refractivity contribution >= 4 is 10.9 Å². The first-order valence-corrected chi connectivity index (χ1v) is 10.2. The second-order valence-electron chi connectivity index (χ2n) is 7.72. The molecule has 0 unspecified atom stereocenters. The monoisotopic (exact) mass is 393 g/mol. The third-order valence-corrected chi connectivity index (χ3v) is 5.47.